The van der Waals surface area contributed by atoms with Crippen LogP contribution in [0.15, 0.2) is 80.7 Å². The third-order valence-electron chi connectivity index (χ3n) is 3.86. The van der Waals surface area contributed by atoms with E-state index in [2.05, 4.69) is 26.6 Å². The van der Waals surface area contributed by atoms with Crippen LogP contribution >= 0.6 is 27.7 Å². The van der Waals surface area contributed by atoms with Crippen LogP contribution in [0.5, 0.6) is 0 Å². The van der Waals surface area contributed by atoms with Gasteiger partial charge in [0.2, 0.25) is 5.91 Å². The van der Waals surface area contributed by atoms with Gasteiger partial charge in [-0.1, -0.05) is 28.1 Å². The summed E-state index contributed by atoms with van der Waals surface area (Å²) in [5, 5.41) is 5.67. The smallest absolute Gasteiger partial charge is 0.291 e. The molecule has 0 saturated heterocycles. The molecule has 7 heteroatoms. The highest BCUT2D eigenvalue weighted by atomic mass is 79.9. The lowest BCUT2D eigenvalue weighted by molar-refractivity contribution is -0.120. The molecule has 3 aromatic rings. The average molecular weight is 459 g/mol. The van der Waals surface area contributed by atoms with E-state index in [4.69, 9.17) is 4.42 Å². The number of halogens is 1. The van der Waals surface area contributed by atoms with Crippen molar-refractivity contribution < 1.29 is 14.0 Å². The molecule has 0 atom stereocenters. The Balaban J connectivity index is 1.38. The zero-order valence-electron chi connectivity index (χ0n) is 15.0. The molecular formula is C21H19BrN2O3S. The lowest BCUT2D eigenvalue weighted by atomic mass is 10.2. The van der Waals surface area contributed by atoms with Crippen molar-refractivity contribution in [2.24, 2.45) is 0 Å². The molecule has 2 amide bonds. The van der Waals surface area contributed by atoms with Gasteiger partial charge in [0, 0.05) is 33.8 Å². The predicted molar refractivity (Wildman–Crippen MR) is 114 cm³/mol. The molecular weight excluding hydrogens is 440 g/mol. The van der Waals surface area contributed by atoms with Crippen LogP contribution in [-0.4, -0.2) is 17.6 Å². The molecule has 3 rings (SSSR count). The van der Waals surface area contributed by atoms with Gasteiger partial charge in [-0.05, 0) is 54.1 Å². The molecule has 0 spiro atoms. The van der Waals surface area contributed by atoms with Crippen molar-refractivity contribution in [1.29, 1.82) is 0 Å². The Kier molecular flexibility index (Phi) is 7.33. The van der Waals surface area contributed by atoms with E-state index in [1.165, 1.54) is 6.26 Å². The van der Waals surface area contributed by atoms with E-state index >= 15 is 0 Å². The molecule has 0 fully saturated rings. The van der Waals surface area contributed by atoms with Crippen LogP contribution in [0.1, 0.15) is 22.5 Å². The van der Waals surface area contributed by atoms with E-state index in [0.717, 1.165) is 20.7 Å². The number of furan rings is 1. The summed E-state index contributed by atoms with van der Waals surface area (Å²) in [5.41, 5.74) is 1.63. The zero-order chi connectivity index (χ0) is 19.8. The largest absolute Gasteiger partial charge is 0.459 e. The summed E-state index contributed by atoms with van der Waals surface area (Å²) in [6.07, 6.45) is 1.91. The van der Waals surface area contributed by atoms with Crippen LogP contribution in [0.4, 0.5) is 5.69 Å². The summed E-state index contributed by atoms with van der Waals surface area (Å²) in [6.45, 7) is 0.453. The van der Waals surface area contributed by atoms with E-state index in [-0.39, 0.29) is 17.6 Å². The van der Waals surface area contributed by atoms with Crippen LogP contribution in [0, 0.1) is 0 Å². The number of thioether (sulfide) groups is 1. The lowest BCUT2D eigenvalue weighted by Crippen LogP contribution is -2.23. The topological polar surface area (TPSA) is 71.3 Å². The third-order valence-corrected chi connectivity index (χ3v) is 5.40. The van der Waals surface area contributed by atoms with Crippen LogP contribution < -0.4 is 10.6 Å². The molecule has 144 valence electrons. The molecule has 0 bridgehead atoms. The van der Waals surface area contributed by atoms with Crippen molar-refractivity contribution in [1.82, 2.24) is 5.32 Å². The number of anilines is 1. The summed E-state index contributed by atoms with van der Waals surface area (Å²) < 4.78 is 6.10. The van der Waals surface area contributed by atoms with Crippen molar-refractivity contribution in [3.05, 3.63) is 82.7 Å². The Labute approximate surface area is 176 Å². The Hall–Kier alpha value is -2.51. The maximum Gasteiger partial charge on any atom is 0.291 e. The normalized spacial score (nSPS) is 10.5. The molecule has 0 saturated carbocycles. The van der Waals surface area contributed by atoms with Gasteiger partial charge in [-0.2, -0.15) is 0 Å². The minimum Gasteiger partial charge on any atom is -0.459 e. The number of amides is 2. The molecule has 1 aromatic heterocycles. The van der Waals surface area contributed by atoms with Crippen molar-refractivity contribution in [2.75, 3.05) is 11.1 Å². The molecule has 2 N–H and O–H groups in total. The summed E-state index contributed by atoms with van der Waals surface area (Å²) >= 11 is 5.06. The molecule has 0 aliphatic carbocycles. The van der Waals surface area contributed by atoms with Crippen molar-refractivity contribution >= 4 is 45.2 Å². The lowest BCUT2D eigenvalue weighted by Gasteiger charge is -2.07. The second-order valence-electron chi connectivity index (χ2n) is 5.96. The van der Waals surface area contributed by atoms with Gasteiger partial charge in [-0.15, -0.1) is 11.8 Å². The van der Waals surface area contributed by atoms with Gasteiger partial charge in [0.25, 0.3) is 5.91 Å². The molecule has 0 unspecified atom stereocenters. The standard InChI is InChI=1S/C21H19BrN2O3S/c22-16-5-9-18(10-6-16)28-13-11-20(25)23-14-15-3-7-17(8-4-15)24-21(26)19-2-1-12-27-19/h1-10,12H,11,13-14H2,(H,23,25)(H,24,26). The first-order chi connectivity index (χ1) is 13.6. The highest BCUT2D eigenvalue weighted by molar-refractivity contribution is 9.10. The molecule has 5 nitrogen and oxygen atoms in total. The third kappa shape index (κ3) is 6.28. The van der Waals surface area contributed by atoms with E-state index in [9.17, 15) is 9.59 Å². The fraction of sp³-hybridized carbons (Fsp3) is 0.143. The van der Waals surface area contributed by atoms with E-state index in [1.807, 2.05) is 36.4 Å². The highest BCUT2D eigenvalue weighted by Crippen LogP contribution is 2.21. The van der Waals surface area contributed by atoms with Crippen molar-refractivity contribution in [3.63, 3.8) is 0 Å². The van der Waals surface area contributed by atoms with Gasteiger partial charge in [-0.3, -0.25) is 9.59 Å². The minimum absolute atomic E-state index is 0.0137. The van der Waals surface area contributed by atoms with Gasteiger partial charge in [0.1, 0.15) is 0 Å². The van der Waals surface area contributed by atoms with Gasteiger partial charge in [0.05, 0.1) is 6.26 Å². The Morgan fingerprint density at radius 3 is 2.43 bits per heavy atom. The molecule has 1 heterocycles. The number of carbonyl (C=O) groups excluding carboxylic acids is 2. The number of benzene rings is 2. The highest BCUT2D eigenvalue weighted by Gasteiger charge is 2.08. The van der Waals surface area contributed by atoms with Crippen LogP contribution in [-0.2, 0) is 11.3 Å². The first kappa shape index (κ1) is 20.2. The maximum absolute atomic E-state index is 12.0. The number of hydrogen-bond donors (Lipinski definition) is 2. The second kappa shape index (κ2) is 10.1. The number of carbonyl (C=O) groups is 2. The van der Waals surface area contributed by atoms with Crippen molar-refractivity contribution in [3.8, 4) is 0 Å². The molecule has 0 aliphatic rings. The van der Waals surface area contributed by atoms with Gasteiger partial charge >= 0.3 is 0 Å². The molecule has 0 aliphatic heterocycles. The number of rotatable bonds is 8. The summed E-state index contributed by atoms with van der Waals surface area (Å²) in [4.78, 5) is 25.1. The molecule has 0 radical (unpaired) electrons. The van der Waals surface area contributed by atoms with E-state index < -0.39 is 0 Å². The average Bonchev–Trinajstić information content (AvgIpc) is 3.24. The predicted octanol–water partition coefficient (Wildman–Crippen LogP) is 5.09. The molecule has 28 heavy (non-hydrogen) atoms. The quantitative estimate of drug-likeness (QED) is 0.461. The van der Waals surface area contributed by atoms with Gasteiger partial charge in [-0.25, -0.2) is 0 Å². The molecule has 2 aromatic carbocycles. The maximum atomic E-state index is 12.0. The number of nitrogens with one attached hydrogen (secondary N) is 2. The SMILES string of the molecule is O=C(CCSc1ccc(Br)cc1)NCc1ccc(NC(=O)c2ccco2)cc1. The first-order valence-electron chi connectivity index (χ1n) is 8.69. The van der Waals surface area contributed by atoms with Crippen LogP contribution in [0.3, 0.4) is 0 Å². The van der Waals surface area contributed by atoms with E-state index in [0.29, 0.717) is 18.7 Å². The summed E-state index contributed by atoms with van der Waals surface area (Å²) in [7, 11) is 0. The van der Waals surface area contributed by atoms with Crippen LogP contribution in [0.2, 0.25) is 0 Å². The number of hydrogen-bond acceptors (Lipinski definition) is 4. The fourth-order valence-electron chi connectivity index (χ4n) is 2.39. The monoisotopic (exact) mass is 458 g/mol. The summed E-state index contributed by atoms with van der Waals surface area (Å²) in [6, 6.07) is 18.6. The minimum atomic E-state index is -0.297. The Morgan fingerprint density at radius 1 is 1.00 bits per heavy atom. The first-order valence-corrected chi connectivity index (χ1v) is 10.5. The van der Waals surface area contributed by atoms with Crippen LogP contribution in [0.25, 0.3) is 0 Å². The van der Waals surface area contributed by atoms with Gasteiger partial charge in [0.15, 0.2) is 5.76 Å². The second-order valence-corrected chi connectivity index (χ2v) is 8.04. The van der Waals surface area contributed by atoms with Gasteiger partial charge < -0.3 is 15.1 Å². The van der Waals surface area contributed by atoms with E-state index in [1.54, 1.807) is 36.0 Å². The summed E-state index contributed by atoms with van der Waals surface area (Å²) in [5.74, 6) is 0.706. The zero-order valence-corrected chi connectivity index (χ0v) is 17.4. The fourth-order valence-corrected chi connectivity index (χ4v) is 3.50. The van der Waals surface area contributed by atoms with Crippen molar-refractivity contribution in [2.45, 2.75) is 17.9 Å². The Morgan fingerprint density at radius 2 is 1.75 bits per heavy atom. The Bertz CT molecular complexity index is 910.